The molecule has 1 aromatic heterocycles. The molecule has 0 fully saturated rings. The van der Waals surface area contributed by atoms with Gasteiger partial charge in [0.1, 0.15) is 5.82 Å². The normalized spacial score (nSPS) is 10.6. The SMILES string of the molecule is Cc1cc(-c2cc(C)c(-c3ccccc3)cn2)ccc1F. The van der Waals surface area contributed by atoms with E-state index in [1.165, 1.54) is 6.07 Å². The first-order chi connectivity index (χ1) is 10.1. The quantitative estimate of drug-likeness (QED) is 0.629. The molecule has 0 N–H and O–H groups in total. The molecule has 0 bridgehead atoms. The van der Waals surface area contributed by atoms with Gasteiger partial charge >= 0.3 is 0 Å². The van der Waals surface area contributed by atoms with Gasteiger partial charge in [0.15, 0.2) is 0 Å². The topological polar surface area (TPSA) is 12.9 Å². The van der Waals surface area contributed by atoms with Crippen molar-refractivity contribution < 1.29 is 4.39 Å². The van der Waals surface area contributed by atoms with Crippen molar-refractivity contribution in [2.24, 2.45) is 0 Å². The Hall–Kier alpha value is -2.48. The van der Waals surface area contributed by atoms with E-state index >= 15 is 0 Å². The van der Waals surface area contributed by atoms with Crippen LogP contribution in [0, 0.1) is 19.7 Å². The fourth-order valence-corrected chi connectivity index (χ4v) is 2.44. The summed E-state index contributed by atoms with van der Waals surface area (Å²) in [7, 11) is 0. The third-order valence-corrected chi connectivity index (χ3v) is 3.65. The Morgan fingerprint density at radius 3 is 2.24 bits per heavy atom. The molecule has 1 heterocycles. The van der Waals surface area contributed by atoms with Gasteiger partial charge in [-0.1, -0.05) is 30.3 Å². The Labute approximate surface area is 124 Å². The maximum absolute atomic E-state index is 13.4. The minimum atomic E-state index is -0.184. The molecule has 0 amide bonds. The smallest absolute Gasteiger partial charge is 0.126 e. The second kappa shape index (κ2) is 5.49. The lowest BCUT2D eigenvalue weighted by molar-refractivity contribution is 0.619. The second-order valence-electron chi connectivity index (χ2n) is 5.21. The van der Waals surface area contributed by atoms with E-state index in [2.05, 4.69) is 30.1 Å². The highest BCUT2D eigenvalue weighted by atomic mass is 19.1. The number of aryl methyl sites for hydroxylation is 2. The van der Waals surface area contributed by atoms with Crippen molar-refractivity contribution >= 4 is 0 Å². The molecule has 0 aliphatic heterocycles. The molecule has 21 heavy (non-hydrogen) atoms. The highest BCUT2D eigenvalue weighted by Crippen LogP contribution is 2.27. The van der Waals surface area contributed by atoms with Crippen LogP contribution in [0.2, 0.25) is 0 Å². The summed E-state index contributed by atoms with van der Waals surface area (Å²) < 4.78 is 13.4. The Kier molecular flexibility index (Phi) is 3.53. The number of rotatable bonds is 2. The first kappa shape index (κ1) is 13.5. The number of hydrogen-bond donors (Lipinski definition) is 0. The second-order valence-corrected chi connectivity index (χ2v) is 5.21. The maximum Gasteiger partial charge on any atom is 0.126 e. The molecule has 104 valence electrons. The van der Waals surface area contributed by atoms with Crippen LogP contribution >= 0.6 is 0 Å². The van der Waals surface area contributed by atoms with Crippen LogP contribution in [0.4, 0.5) is 4.39 Å². The van der Waals surface area contributed by atoms with Crippen molar-refractivity contribution in [2.45, 2.75) is 13.8 Å². The van der Waals surface area contributed by atoms with Gasteiger partial charge in [-0.25, -0.2) is 4.39 Å². The molecule has 0 saturated heterocycles. The van der Waals surface area contributed by atoms with E-state index < -0.39 is 0 Å². The summed E-state index contributed by atoms with van der Waals surface area (Å²) in [5.74, 6) is -0.184. The van der Waals surface area contributed by atoms with Gasteiger partial charge in [-0.2, -0.15) is 0 Å². The van der Waals surface area contributed by atoms with E-state index in [4.69, 9.17) is 0 Å². The predicted octanol–water partition coefficient (Wildman–Crippen LogP) is 5.17. The van der Waals surface area contributed by atoms with Crippen molar-refractivity contribution in [3.63, 3.8) is 0 Å². The first-order valence-electron chi connectivity index (χ1n) is 6.94. The molecule has 2 heteroatoms. The summed E-state index contributed by atoms with van der Waals surface area (Å²) in [6.07, 6.45) is 1.89. The van der Waals surface area contributed by atoms with Crippen molar-refractivity contribution in [2.75, 3.05) is 0 Å². The fraction of sp³-hybridized carbons (Fsp3) is 0.105. The van der Waals surface area contributed by atoms with Crippen molar-refractivity contribution in [3.8, 4) is 22.4 Å². The molecule has 0 radical (unpaired) electrons. The maximum atomic E-state index is 13.4. The Balaban J connectivity index is 2.03. The minimum Gasteiger partial charge on any atom is -0.256 e. The molecule has 0 spiro atoms. The zero-order valence-corrected chi connectivity index (χ0v) is 12.1. The average molecular weight is 277 g/mol. The highest BCUT2D eigenvalue weighted by Gasteiger charge is 2.07. The summed E-state index contributed by atoms with van der Waals surface area (Å²) in [5, 5.41) is 0. The van der Waals surface area contributed by atoms with E-state index in [1.807, 2.05) is 30.5 Å². The van der Waals surface area contributed by atoms with Crippen LogP contribution in [0.25, 0.3) is 22.4 Å². The van der Waals surface area contributed by atoms with Crippen LogP contribution < -0.4 is 0 Å². The van der Waals surface area contributed by atoms with E-state index in [9.17, 15) is 4.39 Å². The summed E-state index contributed by atoms with van der Waals surface area (Å²) >= 11 is 0. The lowest BCUT2D eigenvalue weighted by Crippen LogP contribution is -1.91. The Morgan fingerprint density at radius 1 is 0.810 bits per heavy atom. The molecular weight excluding hydrogens is 261 g/mol. The van der Waals surface area contributed by atoms with Crippen LogP contribution in [0.1, 0.15) is 11.1 Å². The number of nitrogens with zero attached hydrogens (tertiary/aromatic N) is 1. The van der Waals surface area contributed by atoms with Gasteiger partial charge < -0.3 is 0 Å². The zero-order chi connectivity index (χ0) is 14.8. The van der Waals surface area contributed by atoms with Gasteiger partial charge in [-0.3, -0.25) is 4.98 Å². The Bertz CT molecular complexity index is 779. The van der Waals surface area contributed by atoms with E-state index in [0.717, 1.165) is 27.9 Å². The minimum absolute atomic E-state index is 0.184. The molecule has 0 aliphatic rings. The number of halogens is 1. The van der Waals surface area contributed by atoms with Gasteiger partial charge in [0.2, 0.25) is 0 Å². The number of pyridine rings is 1. The monoisotopic (exact) mass is 277 g/mol. The van der Waals surface area contributed by atoms with Crippen LogP contribution in [0.3, 0.4) is 0 Å². The van der Waals surface area contributed by atoms with Crippen LogP contribution in [0.5, 0.6) is 0 Å². The van der Waals surface area contributed by atoms with Crippen molar-refractivity contribution in [1.29, 1.82) is 0 Å². The third-order valence-electron chi connectivity index (χ3n) is 3.65. The molecule has 3 rings (SSSR count). The average Bonchev–Trinajstić information content (AvgIpc) is 2.51. The van der Waals surface area contributed by atoms with Gasteiger partial charge in [0.05, 0.1) is 5.69 Å². The first-order valence-corrected chi connectivity index (χ1v) is 6.94. The molecule has 2 aromatic carbocycles. The molecular formula is C19H16FN. The molecule has 0 aliphatic carbocycles. The molecule has 3 aromatic rings. The number of benzene rings is 2. The van der Waals surface area contributed by atoms with Crippen molar-refractivity contribution in [3.05, 3.63) is 77.7 Å². The standard InChI is InChI=1S/C19H16FN/c1-13-11-19(16-8-9-18(20)14(2)10-16)21-12-17(13)15-6-4-3-5-7-15/h3-12H,1-2H3. The largest absolute Gasteiger partial charge is 0.256 e. The highest BCUT2D eigenvalue weighted by molar-refractivity contribution is 5.70. The number of hydrogen-bond acceptors (Lipinski definition) is 1. The van der Waals surface area contributed by atoms with Gasteiger partial charge in [-0.15, -0.1) is 0 Å². The van der Waals surface area contributed by atoms with E-state index in [1.54, 1.807) is 13.0 Å². The van der Waals surface area contributed by atoms with Crippen LogP contribution in [-0.4, -0.2) is 4.98 Å². The van der Waals surface area contributed by atoms with Crippen LogP contribution in [0.15, 0.2) is 60.8 Å². The lowest BCUT2D eigenvalue weighted by atomic mass is 10.00. The summed E-state index contributed by atoms with van der Waals surface area (Å²) in [5.41, 5.74) is 5.89. The third kappa shape index (κ3) is 2.70. The number of aromatic nitrogens is 1. The van der Waals surface area contributed by atoms with E-state index in [0.29, 0.717) is 5.56 Å². The fourth-order valence-electron chi connectivity index (χ4n) is 2.44. The molecule has 0 unspecified atom stereocenters. The molecule has 0 atom stereocenters. The summed E-state index contributed by atoms with van der Waals surface area (Å²) in [6, 6.07) is 17.3. The summed E-state index contributed by atoms with van der Waals surface area (Å²) in [6.45, 7) is 3.84. The van der Waals surface area contributed by atoms with Crippen LogP contribution in [-0.2, 0) is 0 Å². The molecule has 0 saturated carbocycles. The molecule has 1 nitrogen and oxygen atoms in total. The van der Waals surface area contributed by atoms with Gasteiger partial charge in [0.25, 0.3) is 0 Å². The van der Waals surface area contributed by atoms with Gasteiger partial charge in [-0.05, 0) is 54.8 Å². The Morgan fingerprint density at radius 2 is 1.57 bits per heavy atom. The van der Waals surface area contributed by atoms with Gasteiger partial charge in [0, 0.05) is 17.3 Å². The van der Waals surface area contributed by atoms with E-state index in [-0.39, 0.29) is 5.82 Å². The lowest BCUT2D eigenvalue weighted by Gasteiger charge is -2.09. The predicted molar refractivity (Wildman–Crippen MR) is 84.5 cm³/mol. The zero-order valence-electron chi connectivity index (χ0n) is 12.1. The summed E-state index contributed by atoms with van der Waals surface area (Å²) in [4.78, 5) is 4.53. The van der Waals surface area contributed by atoms with Crippen molar-refractivity contribution in [1.82, 2.24) is 4.98 Å².